The summed E-state index contributed by atoms with van der Waals surface area (Å²) in [6, 6.07) is 20.1. The SMILES string of the molecule is O=C(O)c1ccc(-c2ccc(C(=O)O)cc2Oc2cc(C(=O)O)ccc2-c2ccc(C(=O)O)cc2)cc1. The van der Waals surface area contributed by atoms with Crippen LogP contribution < -0.4 is 4.74 Å². The van der Waals surface area contributed by atoms with E-state index in [0.717, 1.165) is 0 Å². The van der Waals surface area contributed by atoms with Gasteiger partial charge < -0.3 is 25.2 Å². The third-order valence-electron chi connectivity index (χ3n) is 5.56. The van der Waals surface area contributed by atoms with Crippen LogP contribution in [-0.2, 0) is 0 Å². The molecule has 0 aliphatic heterocycles. The maximum Gasteiger partial charge on any atom is 0.335 e. The Kier molecular flexibility index (Phi) is 6.70. The Morgan fingerprint density at radius 2 is 0.730 bits per heavy atom. The van der Waals surface area contributed by atoms with Gasteiger partial charge in [-0.25, -0.2) is 19.2 Å². The summed E-state index contributed by atoms with van der Waals surface area (Å²) < 4.78 is 6.13. The second kappa shape index (κ2) is 10.0. The molecule has 4 aromatic carbocycles. The lowest BCUT2D eigenvalue weighted by Crippen LogP contribution is -2.01. The minimum Gasteiger partial charge on any atom is -0.478 e. The van der Waals surface area contributed by atoms with Crippen LogP contribution in [0.2, 0.25) is 0 Å². The molecule has 0 unspecified atom stereocenters. The fourth-order valence-corrected chi connectivity index (χ4v) is 3.66. The molecule has 37 heavy (non-hydrogen) atoms. The first kappa shape index (κ1) is 24.7. The molecular formula is C28H18O9. The number of hydrogen-bond donors (Lipinski definition) is 4. The minimum absolute atomic E-state index is 0.0645. The topological polar surface area (TPSA) is 158 Å². The summed E-state index contributed by atoms with van der Waals surface area (Å²) in [5, 5.41) is 37.4. The number of hydrogen-bond acceptors (Lipinski definition) is 5. The van der Waals surface area contributed by atoms with Crippen molar-refractivity contribution < 1.29 is 44.3 Å². The number of ether oxygens (including phenoxy) is 1. The fraction of sp³-hybridized carbons (Fsp3) is 0. The number of carbonyl (C=O) groups is 4. The van der Waals surface area contributed by atoms with Crippen LogP contribution >= 0.6 is 0 Å². The second-order valence-corrected chi connectivity index (χ2v) is 7.90. The van der Waals surface area contributed by atoms with Gasteiger partial charge in [0, 0.05) is 11.1 Å². The van der Waals surface area contributed by atoms with Gasteiger partial charge in [0.1, 0.15) is 11.5 Å². The third kappa shape index (κ3) is 5.30. The van der Waals surface area contributed by atoms with E-state index in [1.807, 2.05) is 0 Å². The first-order valence-corrected chi connectivity index (χ1v) is 10.7. The first-order valence-electron chi connectivity index (χ1n) is 10.7. The largest absolute Gasteiger partial charge is 0.478 e. The lowest BCUT2D eigenvalue weighted by molar-refractivity contribution is 0.0685. The van der Waals surface area contributed by atoms with Gasteiger partial charge in [0.25, 0.3) is 0 Å². The van der Waals surface area contributed by atoms with Gasteiger partial charge in [0.15, 0.2) is 0 Å². The Morgan fingerprint density at radius 3 is 1.03 bits per heavy atom. The third-order valence-corrected chi connectivity index (χ3v) is 5.56. The van der Waals surface area contributed by atoms with E-state index in [1.165, 1.54) is 60.7 Å². The van der Waals surface area contributed by atoms with Crippen LogP contribution in [0, 0.1) is 0 Å². The Balaban J connectivity index is 1.86. The van der Waals surface area contributed by atoms with Gasteiger partial charge in [-0.05, 0) is 71.8 Å². The molecule has 9 nitrogen and oxygen atoms in total. The van der Waals surface area contributed by atoms with Gasteiger partial charge in [-0.2, -0.15) is 0 Å². The van der Waals surface area contributed by atoms with Crippen molar-refractivity contribution in [3.05, 3.63) is 107 Å². The highest BCUT2D eigenvalue weighted by atomic mass is 16.5. The van der Waals surface area contributed by atoms with Crippen molar-refractivity contribution in [3.63, 3.8) is 0 Å². The van der Waals surface area contributed by atoms with Gasteiger partial charge >= 0.3 is 23.9 Å². The zero-order valence-electron chi connectivity index (χ0n) is 18.9. The van der Waals surface area contributed by atoms with E-state index in [-0.39, 0.29) is 33.8 Å². The van der Waals surface area contributed by atoms with E-state index in [1.54, 1.807) is 24.3 Å². The smallest absolute Gasteiger partial charge is 0.335 e. The van der Waals surface area contributed by atoms with Crippen LogP contribution in [0.1, 0.15) is 41.4 Å². The van der Waals surface area contributed by atoms with Crippen LogP contribution in [0.25, 0.3) is 22.3 Å². The molecule has 9 heteroatoms. The lowest BCUT2D eigenvalue weighted by atomic mass is 9.99. The Labute approximate surface area is 209 Å². The molecule has 0 fully saturated rings. The van der Waals surface area contributed by atoms with Crippen molar-refractivity contribution in [2.45, 2.75) is 0 Å². The van der Waals surface area contributed by atoms with Gasteiger partial charge in [0.2, 0.25) is 0 Å². The summed E-state index contributed by atoms with van der Waals surface area (Å²) in [6.07, 6.45) is 0. The monoisotopic (exact) mass is 498 g/mol. The molecule has 0 atom stereocenters. The molecule has 184 valence electrons. The highest BCUT2D eigenvalue weighted by Crippen LogP contribution is 2.39. The molecule has 0 saturated carbocycles. The maximum atomic E-state index is 11.6. The van der Waals surface area contributed by atoms with E-state index in [0.29, 0.717) is 22.3 Å². The number of rotatable bonds is 8. The number of aromatic carboxylic acids is 4. The fourth-order valence-electron chi connectivity index (χ4n) is 3.66. The molecule has 0 aliphatic carbocycles. The van der Waals surface area contributed by atoms with Crippen molar-refractivity contribution in [3.8, 4) is 33.8 Å². The number of carboxylic acid groups (broad SMARTS) is 4. The second-order valence-electron chi connectivity index (χ2n) is 7.90. The van der Waals surface area contributed by atoms with Crippen molar-refractivity contribution in [1.82, 2.24) is 0 Å². The van der Waals surface area contributed by atoms with Crippen molar-refractivity contribution in [2.24, 2.45) is 0 Å². The standard InChI is InChI=1S/C28H18O9/c29-25(30)17-5-1-15(2-6-17)21-11-9-19(27(33)34)13-23(21)37-24-14-20(28(35)36)10-12-22(24)16-3-7-18(8-4-16)26(31)32/h1-14H,(H,29,30)(H,31,32)(H,33,34)(H,35,36). The quantitative estimate of drug-likeness (QED) is 0.242. The van der Waals surface area contributed by atoms with Gasteiger partial charge in [-0.1, -0.05) is 24.3 Å². The van der Waals surface area contributed by atoms with E-state index in [2.05, 4.69) is 0 Å². The van der Waals surface area contributed by atoms with Gasteiger partial charge in [-0.15, -0.1) is 0 Å². The lowest BCUT2D eigenvalue weighted by Gasteiger charge is -2.16. The maximum absolute atomic E-state index is 11.6. The molecule has 0 aliphatic rings. The van der Waals surface area contributed by atoms with E-state index in [9.17, 15) is 39.6 Å². The van der Waals surface area contributed by atoms with Crippen LogP contribution in [0.3, 0.4) is 0 Å². The van der Waals surface area contributed by atoms with Gasteiger partial charge in [0.05, 0.1) is 22.3 Å². The Morgan fingerprint density at radius 1 is 0.432 bits per heavy atom. The summed E-state index contributed by atoms with van der Waals surface area (Å²) in [4.78, 5) is 45.7. The summed E-state index contributed by atoms with van der Waals surface area (Å²) in [6.45, 7) is 0. The van der Waals surface area contributed by atoms with Crippen LogP contribution in [0.4, 0.5) is 0 Å². The Hall–Kier alpha value is -5.44. The molecule has 4 rings (SSSR count). The van der Waals surface area contributed by atoms with Crippen LogP contribution in [0.5, 0.6) is 11.5 Å². The van der Waals surface area contributed by atoms with Crippen molar-refractivity contribution >= 4 is 23.9 Å². The van der Waals surface area contributed by atoms with Crippen LogP contribution in [0.15, 0.2) is 84.9 Å². The molecule has 0 amide bonds. The van der Waals surface area contributed by atoms with Crippen molar-refractivity contribution in [2.75, 3.05) is 0 Å². The predicted molar refractivity (Wildman–Crippen MR) is 132 cm³/mol. The predicted octanol–water partition coefficient (Wildman–Crippen LogP) is 5.61. The molecule has 4 N–H and O–H groups in total. The van der Waals surface area contributed by atoms with Crippen LogP contribution in [-0.4, -0.2) is 44.3 Å². The Bertz CT molecular complexity index is 1420. The van der Waals surface area contributed by atoms with E-state index in [4.69, 9.17) is 4.74 Å². The van der Waals surface area contributed by atoms with E-state index < -0.39 is 23.9 Å². The zero-order valence-corrected chi connectivity index (χ0v) is 18.9. The van der Waals surface area contributed by atoms with E-state index >= 15 is 0 Å². The normalized spacial score (nSPS) is 10.5. The van der Waals surface area contributed by atoms with Gasteiger partial charge in [-0.3, -0.25) is 0 Å². The minimum atomic E-state index is -1.21. The first-order chi connectivity index (χ1) is 17.6. The molecule has 0 spiro atoms. The number of benzene rings is 4. The summed E-state index contributed by atoms with van der Waals surface area (Å²) in [5.74, 6) is -4.44. The summed E-state index contributed by atoms with van der Waals surface area (Å²) in [7, 11) is 0. The van der Waals surface area contributed by atoms with Crippen molar-refractivity contribution in [1.29, 1.82) is 0 Å². The number of carboxylic acids is 4. The molecule has 0 heterocycles. The summed E-state index contributed by atoms with van der Waals surface area (Å²) >= 11 is 0. The summed E-state index contributed by atoms with van der Waals surface area (Å²) in [5.41, 5.74) is 1.93. The molecule has 0 radical (unpaired) electrons. The average Bonchev–Trinajstić information content (AvgIpc) is 2.88. The average molecular weight is 498 g/mol. The molecular weight excluding hydrogens is 480 g/mol. The molecule has 0 saturated heterocycles. The molecule has 4 aromatic rings. The highest BCUT2D eigenvalue weighted by molar-refractivity contribution is 5.92. The zero-order chi connectivity index (χ0) is 26.7. The highest BCUT2D eigenvalue weighted by Gasteiger charge is 2.17. The molecule has 0 aromatic heterocycles. The molecule has 0 bridgehead atoms.